The number of nitrogens with two attached hydrogens (primary N) is 1. The average Bonchev–Trinajstić information content (AvgIpc) is 3.01. The molecule has 1 aromatic carbocycles. The summed E-state index contributed by atoms with van der Waals surface area (Å²) in [5.41, 5.74) is 8.13. The van der Waals surface area contributed by atoms with E-state index in [4.69, 9.17) is 20.3 Å². The lowest BCUT2D eigenvalue weighted by Crippen LogP contribution is -2.19. The third-order valence-corrected chi connectivity index (χ3v) is 4.34. The topological polar surface area (TPSA) is 140 Å². The Morgan fingerprint density at radius 1 is 1.26 bits per heavy atom. The van der Waals surface area contributed by atoms with Crippen molar-refractivity contribution in [3.63, 3.8) is 0 Å². The van der Waals surface area contributed by atoms with Crippen LogP contribution in [0.4, 0.5) is 11.8 Å². The highest BCUT2D eigenvalue weighted by molar-refractivity contribution is 7.51. The van der Waals surface area contributed by atoms with Crippen molar-refractivity contribution < 1.29 is 19.1 Å². The Morgan fingerprint density at radius 3 is 2.70 bits per heavy atom. The Labute approximate surface area is 155 Å². The van der Waals surface area contributed by atoms with E-state index in [2.05, 4.69) is 15.0 Å². The highest BCUT2D eigenvalue weighted by atomic mass is 31.2. The number of aromatic nitrogens is 4. The first-order valence-corrected chi connectivity index (χ1v) is 9.99. The van der Waals surface area contributed by atoms with E-state index >= 15 is 0 Å². The van der Waals surface area contributed by atoms with Crippen molar-refractivity contribution in [2.24, 2.45) is 0 Å². The van der Waals surface area contributed by atoms with Crippen LogP contribution in [0.1, 0.15) is 5.56 Å². The molecule has 0 spiro atoms. The van der Waals surface area contributed by atoms with Crippen LogP contribution in [-0.2, 0) is 22.4 Å². The maximum absolute atomic E-state index is 10.8. The molecular weight excluding hydrogens is 371 g/mol. The van der Waals surface area contributed by atoms with Gasteiger partial charge in [0.15, 0.2) is 17.0 Å². The summed E-state index contributed by atoms with van der Waals surface area (Å²) in [5, 5.41) is 0. The number of anilines is 2. The summed E-state index contributed by atoms with van der Waals surface area (Å²) < 4.78 is 17.6. The molecule has 0 saturated heterocycles. The predicted octanol–water partition coefficient (Wildman–Crippen LogP) is 1.20. The van der Waals surface area contributed by atoms with Crippen LogP contribution < -0.4 is 10.6 Å². The lowest BCUT2D eigenvalue weighted by Gasteiger charge is -2.18. The van der Waals surface area contributed by atoms with Crippen LogP contribution in [0, 0.1) is 0 Å². The van der Waals surface area contributed by atoms with Crippen molar-refractivity contribution in [1.29, 1.82) is 0 Å². The van der Waals surface area contributed by atoms with Crippen LogP contribution in [0.3, 0.4) is 0 Å². The van der Waals surface area contributed by atoms with Crippen LogP contribution in [-0.4, -0.2) is 49.3 Å². The van der Waals surface area contributed by atoms with Gasteiger partial charge in [-0.1, -0.05) is 30.3 Å². The van der Waals surface area contributed by atoms with E-state index in [1.165, 1.54) is 0 Å². The molecule has 144 valence electrons. The molecule has 0 bridgehead atoms. The monoisotopic (exact) mass is 392 g/mol. The van der Waals surface area contributed by atoms with E-state index < -0.39 is 13.9 Å². The number of imidazole rings is 1. The smallest absolute Gasteiger partial charge is 0.350 e. The molecule has 3 aromatic rings. The van der Waals surface area contributed by atoms with Gasteiger partial charge in [0.25, 0.3) is 0 Å². The average molecular weight is 392 g/mol. The van der Waals surface area contributed by atoms with Crippen molar-refractivity contribution >= 4 is 30.5 Å². The van der Waals surface area contributed by atoms with Gasteiger partial charge in [0.2, 0.25) is 5.95 Å². The molecule has 3 rings (SSSR count). The molecule has 2 aromatic heterocycles. The molecule has 4 N–H and O–H groups in total. The molecule has 0 aliphatic heterocycles. The van der Waals surface area contributed by atoms with Gasteiger partial charge < -0.3 is 29.7 Å². The maximum Gasteiger partial charge on any atom is 0.350 e. The maximum atomic E-state index is 10.8. The minimum absolute atomic E-state index is 0.107. The normalized spacial score (nSPS) is 11.8. The zero-order chi connectivity index (χ0) is 19.4. The summed E-state index contributed by atoms with van der Waals surface area (Å²) in [6, 6.07) is 9.95. The number of ether oxygens (including phenoxy) is 1. The van der Waals surface area contributed by atoms with Gasteiger partial charge in [-0.05, 0) is 5.56 Å². The van der Waals surface area contributed by atoms with Crippen LogP contribution >= 0.6 is 7.60 Å². The minimum atomic E-state index is -4.18. The molecule has 0 fully saturated rings. The molecule has 0 saturated carbocycles. The molecule has 0 aliphatic rings. The number of nitrogen functional groups attached to an aromatic ring is 1. The van der Waals surface area contributed by atoms with Crippen molar-refractivity contribution in [3.05, 3.63) is 42.2 Å². The van der Waals surface area contributed by atoms with E-state index in [9.17, 15) is 4.57 Å². The van der Waals surface area contributed by atoms with Gasteiger partial charge in [-0.3, -0.25) is 4.57 Å². The third kappa shape index (κ3) is 5.01. The van der Waals surface area contributed by atoms with Gasteiger partial charge in [0.1, 0.15) is 6.35 Å². The first-order chi connectivity index (χ1) is 12.8. The Morgan fingerprint density at radius 2 is 2.00 bits per heavy atom. The fourth-order valence-electron chi connectivity index (χ4n) is 2.65. The second kappa shape index (κ2) is 8.01. The number of fused-ring (bicyclic) bond motifs is 1. The highest BCUT2D eigenvalue weighted by Gasteiger charge is 2.16. The Balaban J connectivity index is 1.79. The van der Waals surface area contributed by atoms with E-state index in [1.807, 2.05) is 42.3 Å². The van der Waals surface area contributed by atoms with E-state index in [-0.39, 0.29) is 12.6 Å². The molecule has 27 heavy (non-hydrogen) atoms. The quantitative estimate of drug-likeness (QED) is 0.381. The van der Waals surface area contributed by atoms with Crippen LogP contribution in [0.15, 0.2) is 36.7 Å². The molecule has 0 amide bonds. The van der Waals surface area contributed by atoms with Gasteiger partial charge in [-0.15, -0.1) is 0 Å². The second-order valence-corrected chi connectivity index (χ2v) is 7.65. The number of rotatable bonds is 8. The Kier molecular flexibility index (Phi) is 5.71. The van der Waals surface area contributed by atoms with E-state index in [0.717, 1.165) is 5.56 Å². The number of hydrogen-bond donors (Lipinski definition) is 3. The molecular formula is C16H21N6O4P. The Bertz CT molecular complexity index is 958. The lowest BCUT2D eigenvalue weighted by molar-refractivity contribution is 0.149. The van der Waals surface area contributed by atoms with Gasteiger partial charge in [0, 0.05) is 20.1 Å². The Hall–Kier alpha value is -2.52. The molecule has 2 heterocycles. The van der Waals surface area contributed by atoms with Crippen molar-refractivity contribution in [3.8, 4) is 0 Å². The summed E-state index contributed by atoms with van der Waals surface area (Å²) in [6.07, 6.45) is 0.960. The zero-order valence-electron chi connectivity index (χ0n) is 14.8. The first-order valence-electron chi connectivity index (χ1n) is 8.19. The summed E-state index contributed by atoms with van der Waals surface area (Å²) in [4.78, 5) is 32.5. The molecule has 0 radical (unpaired) electrons. The fourth-order valence-corrected chi connectivity index (χ4v) is 3.02. The van der Waals surface area contributed by atoms with Gasteiger partial charge in [0.05, 0.1) is 12.9 Å². The number of nitrogens with zero attached hydrogens (tertiary/aromatic N) is 5. The van der Waals surface area contributed by atoms with Crippen molar-refractivity contribution in [2.45, 2.75) is 13.1 Å². The SMILES string of the molecule is CN(Cc1ccccc1)c1nc(N)nc2c1ncn2CCOCP(=O)(O)O. The summed E-state index contributed by atoms with van der Waals surface area (Å²) in [7, 11) is -2.28. The van der Waals surface area contributed by atoms with Gasteiger partial charge >= 0.3 is 7.60 Å². The van der Waals surface area contributed by atoms with Gasteiger partial charge in [-0.2, -0.15) is 9.97 Å². The molecule has 10 nitrogen and oxygen atoms in total. The van der Waals surface area contributed by atoms with E-state index in [0.29, 0.717) is 30.1 Å². The standard InChI is InChI=1S/C16H21N6O4P/c1-21(9-12-5-3-2-4-6-12)14-13-15(20-16(17)19-14)22(10-18-13)7-8-26-11-27(23,24)25/h2-6,10H,7-9,11H2,1H3,(H2,17,19,20)(H2,23,24,25). The molecule has 0 unspecified atom stereocenters. The third-order valence-electron chi connectivity index (χ3n) is 3.82. The van der Waals surface area contributed by atoms with Crippen LogP contribution in [0.5, 0.6) is 0 Å². The summed E-state index contributed by atoms with van der Waals surface area (Å²) in [5.74, 6) is 0.728. The second-order valence-electron chi connectivity index (χ2n) is 6.06. The van der Waals surface area contributed by atoms with Crippen molar-refractivity contribution in [2.75, 3.05) is 30.6 Å². The molecule has 11 heteroatoms. The number of benzene rings is 1. The summed E-state index contributed by atoms with van der Waals surface area (Å²) in [6.45, 7) is 1.06. The lowest BCUT2D eigenvalue weighted by atomic mass is 10.2. The highest BCUT2D eigenvalue weighted by Crippen LogP contribution is 2.33. The van der Waals surface area contributed by atoms with Gasteiger partial charge in [-0.25, -0.2) is 4.98 Å². The minimum Gasteiger partial charge on any atom is -0.368 e. The predicted molar refractivity (Wildman–Crippen MR) is 101 cm³/mol. The van der Waals surface area contributed by atoms with Crippen molar-refractivity contribution in [1.82, 2.24) is 19.5 Å². The largest absolute Gasteiger partial charge is 0.368 e. The first kappa shape index (κ1) is 19.2. The summed E-state index contributed by atoms with van der Waals surface area (Å²) >= 11 is 0. The zero-order valence-corrected chi connectivity index (χ0v) is 15.7. The molecule has 0 aliphatic carbocycles. The number of hydrogen-bond acceptors (Lipinski definition) is 7. The van der Waals surface area contributed by atoms with Crippen LogP contribution in [0.25, 0.3) is 11.2 Å². The molecule has 0 atom stereocenters. The fraction of sp³-hybridized carbons (Fsp3) is 0.312. The van der Waals surface area contributed by atoms with E-state index in [1.54, 1.807) is 10.9 Å². The van der Waals surface area contributed by atoms with Crippen LogP contribution in [0.2, 0.25) is 0 Å².